The highest BCUT2D eigenvalue weighted by Crippen LogP contribution is 2.24. The predicted octanol–water partition coefficient (Wildman–Crippen LogP) is 0.869. The molecule has 0 bridgehead atoms. The van der Waals surface area contributed by atoms with E-state index in [0.717, 1.165) is 5.01 Å². The molecule has 0 aliphatic carbocycles. The number of Topliss-reactive ketones (excluding diaryl/α,β-unsaturated/α-hetero) is 1. The number of nitrogens with zero attached hydrogens (tertiary/aromatic N) is 3. The molecule has 0 spiro atoms. The lowest BCUT2D eigenvalue weighted by atomic mass is 10.1. The second-order valence-electron chi connectivity index (χ2n) is 4.57. The molecule has 3 rings (SSSR count). The van der Waals surface area contributed by atoms with Crippen molar-refractivity contribution >= 4 is 28.9 Å². The third-order valence-corrected chi connectivity index (χ3v) is 3.12. The maximum atomic E-state index is 11.6. The van der Waals surface area contributed by atoms with Gasteiger partial charge in [0.2, 0.25) is 0 Å². The molecule has 0 saturated carbocycles. The van der Waals surface area contributed by atoms with Gasteiger partial charge in [-0.25, -0.2) is 9.80 Å². The molecule has 1 saturated heterocycles. The molecule has 2 aromatic rings. The number of urea groups is 1. The standard InChI is InChI=1S/C14H12N4O3/c19-10-7-16-14(21)18(8-10)17-6-9-3-4-12(20)13-11(9)2-1-5-15-13/h1-6,20H,7-8H2,(H,16,21)/b17-6+. The van der Waals surface area contributed by atoms with Crippen LogP contribution in [0.4, 0.5) is 4.79 Å². The number of carbonyl (C=O) groups is 2. The minimum atomic E-state index is -0.410. The van der Waals surface area contributed by atoms with E-state index in [1.807, 2.05) is 0 Å². The first-order valence-corrected chi connectivity index (χ1v) is 6.33. The smallest absolute Gasteiger partial charge is 0.338 e. The van der Waals surface area contributed by atoms with Gasteiger partial charge in [0.1, 0.15) is 17.8 Å². The van der Waals surface area contributed by atoms with E-state index in [1.165, 1.54) is 12.3 Å². The van der Waals surface area contributed by atoms with Crippen molar-refractivity contribution in [3.63, 3.8) is 0 Å². The van der Waals surface area contributed by atoms with Gasteiger partial charge in [-0.15, -0.1) is 0 Å². The number of hydrogen-bond donors (Lipinski definition) is 2. The molecule has 2 amide bonds. The highest BCUT2D eigenvalue weighted by Gasteiger charge is 2.22. The number of nitrogens with one attached hydrogen (secondary N) is 1. The van der Waals surface area contributed by atoms with Crippen LogP contribution in [0, 0.1) is 0 Å². The molecule has 1 aliphatic rings. The van der Waals surface area contributed by atoms with Crippen LogP contribution in [0.2, 0.25) is 0 Å². The highest BCUT2D eigenvalue weighted by atomic mass is 16.3. The van der Waals surface area contributed by atoms with E-state index >= 15 is 0 Å². The summed E-state index contributed by atoms with van der Waals surface area (Å²) in [5.41, 5.74) is 1.15. The number of ketones is 1. The summed E-state index contributed by atoms with van der Waals surface area (Å²) >= 11 is 0. The summed E-state index contributed by atoms with van der Waals surface area (Å²) in [4.78, 5) is 27.0. The van der Waals surface area contributed by atoms with Gasteiger partial charge >= 0.3 is 6.03 Å². The Labute approximate surface area is 119 Å². The molecule has 0 unspecified atom stereocenters. The molecule has 7 nitrogen and oxygen atoms in total. The van der Waals surface area contributed by atoms with Crippen LogP contribution in [0.15, 0.2) is 35.6 Å². The molecular formula is C14H12N4O3. The normalized spacial score (nSPS) is 15.7. The number of aromatic hydroxyl groups is 1. The molecule has 1 aliphatic heterocycles. The first kappa shape index (κ1) is 13.0. The third kappa shape index (κ3) is 2.53. The monoisotopic (exact) mass is 284 g/mol. The van der Waals surface area contributed by atoms with Crippen molar-refractivity contribution < 1.29 is 14.7 Å². The van der Waals surface area contributed by atoms with Crippen LogP contribution in [-0.4, -0.2) is 46.2 Å². The maximum Gasteiger partial charge on any atom is 0.338 e. The molecule has 7 heteroatoms. The summed E-state index contributed by atoms with van der Waals surface area (Å²) in [6.07, 6.45) is 3.06. The number of phenols is 1. The van der Waals surface area contributed by atoms with Crippen molar-refractivity contribution in [1.82, 2.24) is 15.3 Å². The quantitative estimate of drug-likeness (QED) is 0.800. The summed E-state index contributed by atoms with van der Waals surface area (Å²) in [6.45, 7) is -0.00644. The van der Waals surface area contributed by atoms with Crippen molar-refractivity contribution in [3.05, 3.63) is 36.0 Å². The predicted molar refractivity (Wildman–Crippen MR) is 76.1 cm³/mol. The minimum Gasteiger partial charge on any atom is -0.506 e. The van der Waals surface area contributed by atoms with E-state index in [0.29, 0.717) is 16.5 Å². The van der Waals surface area contributed by atoms with Crippen molar-refractivity contribution in [2.45, 2.75) is 0 Å². The zero-order chi connectivity index (χ0) is 14.8. The van der Waals surface area contributed by atoms with E-state index in [2.05, 4.69) is 15.4 Å². The number of fused-ring (bicyclic) bond motifs is 1. The number of phenolic OH excluding ortho intramolecular Hbond substituents is 1. The number of hydrogen-bond acceptors (Lipinski definition) is 5. The number of pyridine rings is 1. The first-order valence-electron chi connectivity index (χ1n) is 6.33. The second-order valence-corrected chi connectivity index (χ2v) is 4.57. The summed E-state index contributed by atoms with van der Waals surface area (Å²) in [5.74, 6) is -0.0300. The highest BCUT2D eigenvalue weighted by molar-refractivity contribution is 6.01. The summed E-state index contributed by atoms with van der Waals surface area (Å²) < 4.78 is 0. The molecule has 0 atom stereocenters. The van der Waals surface area contributed by atoms with Crippen LogP contribution in [-0.2, 0) is 4.79 Å². The molecule has 21 heavy (non-hydrogen) atoms. The van der Waals surface area contributed by atoms with Crippen LogP contribution < -0.4 is 5.32 Å². The van der Waals surface area contributed by atoms with Gasteiger partial charge < -0.3 is 10.4 Å². The van der Waals surface area contributed by atoms with Crippen LogP contribution in [0.5, 0.6) is 5.75 Å². The van der Waals surface area contributed by atoms with Gasteiger partial charge in [-0.1, -0.05) is 6.07 Å². The zero-order valence-electron chi connectivity index (χ0n) is 11.0. The van der Waals surface area contributed by atoms with E-state index < -0.39 is 6.03 Å². The van der Waals surface area contributed by atoms with Gasteiger partial charge in [-0.2, -0.15) is 5.10 Å². The molecular weight excluding hydrogens is 272 g/mol. The average Bonchev–Trinajstić information content (AvgIpc) is 2.50. The fraction of sp³-hybridized carbons (Fsp3) is 0.143. The van der Waals surface area contributed by atoms with Gasteiger partial charge in [0, 0.05) is 17.1 Å². The molecule has 0 radical (unpaired) electrons. The molecule has 106 valence electrons. The number of aromatic nitrogens is 1. The van der Waals surface area contributed by atoms with Gasteiger partial charge in [-0.05, 0) is 18.2 Å². The Hall–Kier alpha value is -2.96. The average molecular weight is 284 g/mol. The van der Waals surface area contributed by atoms with Crippen molar-refractivity contribution in [2.75, 3.05) is 13.1 Å². The fourth-order valence-corrected chi connectivity index (χ4v) is 2.08. The lowest BCUT2D eigenvalue weighted by molar-refractivity contribution is -0.119. The van der Waals surface area contributed by atoms with Gasteiger partial charge in [0.25, 0.3) is 0 Å². The first-order chi connectivity index (χ1) is 10.1. The molecule has 1 fully saturated rings. The Kier molecular flexibility index (Phi) is 3.23. The van der Waals surface area contributed by atoms with Gasteiger partial charge in [-0.3, -0.25) is 9.78 Å². The van der Waals surface area contributed by atoms with Crippen LogP contribution in [0.1, 0.15) is 5.56 Å². The summed E-state index contributed by atoms with van der Waals surface area (Å²) in [5, 5.41) is 18.0. The maximum absolute atomic E-state index is 11.6. The number of rotatable bonds is 2. The van der Waals surface area contributed by atoms with Crippen LogP contribution in [0.3, 0.4) is 0 Å². The lowest BCUT2D eigenvalue weighted by Gasteiger charge is -2.21. The van der Waals surface area contributed by atoms with E-state index in [9.17, 15) is 14.7 Å². The lowest BCUT2D eigenvalue weighted by Crippen LogP contribution is -2.49. The van der Waals surface area contributed by atoms with Crippen molar-refractivity contribution in [1.29, 1.82) is 0 Å². The number of amides is 2. The van der Waals surface area contributed by atoms with E-state index in [-0.39, 0.29) is 24.6 Å². The molecule has 1 aromatic carbocycles. The van der Waals surface area contributed by atoms with Gasteiger partial charge in [0.15, 0.2) is 5.78 Å². The Balaban J connectivity index is 1.94. The van der Waals surface area contributed by atoms with Crippen molar-refractivity contribution in [3.8, 4) is 5.75 Å². The van der Waals surface area contributed by atoms with Crippen LogP contribution >= 0.6 is 0 Å². The minimum absolute atomic E-state index is 0.0386. The Morgan fingerprint density at radius 3 is 3.05 bits per heavy atom. The van der Waals surface area contributed by atoms with Crippen molar-refractivity contribution in [2.24, 2.45) is 5.10 Å². The molecule has 1 aromatic heterocycles. The van der Waals surface area contributed by atoms with Crippen LogP contribution in [0.25, 0.3) is 10.9 Å². The largest absolute Gasteiger partial charge is 0.506 e. The molecule has 2 N–H and O–H groups in total. The Morgan fingerprint density at radius 1 is 1.33 bits per heavy atom. The van der Waals surface area contributed by atoms with E-state index in [4.69, 9.17) is 0 Å². The Morgan fingerprint density at radius 2 is 2.19 bits per heavy atom. The fourth-order valence-electron chi connectivity index (χ4n) is 2.08. The second kappa shape index (κ2) is 5.20. The Bertz CT molecular complexity index is 757. The zero-order valence-corrected chi connectivity index (χ0v) is 11.0. The number of carbonyl (C=O) groups excluding carboxylic acids is 2. The molecule has 2 heterocycles. The van der Waals surface area contributed by atoms with E-state index in [1.54, 1.807) is 24.4 Å². The summed E-state index contributed by atoms with van der Waals surface area (Å²) in [6, 6.07) is 6.32. The SMILES string of the molecule is O=C1CNC(=O)N(/N=C/c2ccc(O)c3ncccc23)C1. The topological polar surface area (TPSA) is 94.9 Å². The summed E-state index contributed by atoms with van der Waals surface area (Å²) in [7, 11) is 0. The number of hydrazone groups is 1. The third-order valence-electron chi connectivity index (χ3n) is 3.12. The van der Waals surface area contributed by atoms with Gasteiger partial charge in [0.05, 0.1) is 12.8 Å². The number of benzene rings is 1.